The van der Waals surface area contributed by atoms with Gasteiger partial charge >= 0.3 is 12.1 Å². The Balaban J connectivity index is 1.51. The van der Waals surface area contributed by atoms with Crippen molar-refractivity contribution in [2.75, 3.05) is 14.2 Å². The molecule has 0 aliphatic carbocycles. The number of benzene rings is 4. The fourth-order valence-corrected chi connectivity index (χ4v) is 3.98. The third kappa shape index (κ3) is 5.08. The Morgan fingerprint density at radius 3 is 2.23 bits per heavy atom. The average molecular weight is 536 g/mol. The van der Waals surface area contributed by atoms with Gasteiger partial charge in [-0.05, 0) is 53.2 Å². The molecule has 0 saturated carbocycles. The number of methoxy groups -OCH3 is 2. The number of ether oxygens (including phenoxy) is 4. The van der Waals surface area contributed by atoms with Crippen LogP contribution < -0.4 is 24.4 Å². The molecular weight excluding hydrogens is 517 g/mol. The number of halogens is 3. The molecule has 10 heteroatoms. The van der Waals surface area contributed by atoms with Crippen molar-refractivity contribution in [3.05, 3.63) is 100 Å². The van der Waals surface area contributed by atoms with Gasteiger partial charge in [0.25, 0.3) is 5.76 Å². The van der Waals surface area contributed by atoms with Crippen molar-refractivity contribution in [1.29, 1.82) is 0 Å². The van der Waals surface area contributed by atoms with Crippen LogP contribution in [0.1, 0.15) is 16.1 Å². The Kier molecular flexibility index (Phi) is 6.61. The predicted octanol–water partition coefficient (Wildman–Crippen LogP) is 6.99. The molecule has 1 heterocycles. The molecule has 39 heavy (non-hydrogen) atoms. The van der Waals surface area contributed by atoms with Crippen molar-refractivity contribution in [1.82, 2.24) is 0 Å². The van der Waals surface area contributed by atoms with Crippen molar-refractivity contribution < 1.29 is 41.3 Å². The van der Waals surface area contributed by atoms with Crippen LogP contribution in [0.3, 0.4) is 0 Å². The summed E-state index contributed by atoms with van der Waals surface area (Å²) in [5, 5.41) is 1.38. The van der Waals surface area contributed by atoms with Gasteiger partial charge in [-0.3, -0.25) is 4.79 Å². The van der Waals surface area contributed by atoms with Gasteiger partial charge in [-0.1, -0.05) is 30.3 Å². The molecule has 0 atom stereocenters. The molecule has 0 aliphatic heterocycles. The summed E-state index contributed by atoms with van der Waals surface area (Å²) in [6.07, 6.45) is -5.05. The summed E-state index contributed by atoms with van der Waals surface area (Å²) in [7, 11) is 2.83. The fourth-order valence-electron chi connectivity index (χ4n) is 3.98. The number of alkyl halides is 3. The van der Waals surface area contributed by atoms with E-state index < -0.39 is 34.7 Å². The highest BCUT2D eigenvalue weighted by atomic mass is 19.4. The van der Waals surface area contributed by atoms with Crippen LogP contribution in [-0.4, -0.2) is 20.2 Å². The van der Waals surface area contributed by atoms with E-state index in [4.69, 9.17) is 23.4 Å². The minimum Gasteiger partial charge on any atom is -0.493 e. The minimum absolute atomic E-state index is 0.0336. The molecule has 4 aromatic carbocycles. The largest absolute Gasteiger partial charge is 0.493 e. The van der Waals surface area contributed by atoms with Crippen LogP contribution in [0.2, 0.25) is 0 Å². The first-order chi connectivity index (χ1) is 18.7. The number of hydrogen-bond donors (Lipinski definition) is 0. The van der Waals surface area contributed by atoms with Crippen molar-refractivity contribution in [2.24, 2.45) is 0 Å². The maximum absolute atomic E-state index is 14.0. The van der Waals surface area contributed by atoms with Gasteiger partial charge in [0.15, 0.2) is 11.5 Å². The highest BCUT2D eigenvalue weighted by Gasteiger charge is 2.40. The van der Waals surface area contributed by atoms with Gasteiger partial charge in [-0.15, -0.1) is 0 Å². The van der Waals surface area contributed by atoms with E-state index >= 15 is 0 Å². The first-order valence-corrected chi connectivity index (χ1v) is 11.5. The molecule has 7 nitrogen and oxygen atoms in total. The molecule has 0 amide bonds. The zero-order valence-corrected chi connectivity index (χ0v) is 20.5. The minimum atomic E-state index is -5.05. The molecule has 0 spiro atoms. The number of rotatable bonds is 6. The summed E-state index contributed by atoms with van der Waals surface area (Å²) in [5.74, 6) is -2.86. The van der Waals surface area contributed by atoms with E-state index in [1.54, 1.807) is 18.2 Å². The maximum atomic E-state index is 14.0. The number of hydrogen-bond acceptors (Lipinski definition) is 7. The van der Waals surface area contributed by atoms with E-state index in [0.717, 1.165) is 16.8 Å². The summed E-state index contributed by atoms with van der Waals surface area (Å²) >= 11 is 0. The molecule has 0 N–H and O–H groups in total. The third-order valence-electron chi connectivity index (χ3n) is 5.85. The molecule has 0 aliphatic rings. The molecule has 5 aromatic rings. The SMILES string of the molecule is COc1ccc(C(=O)Oc2ccc3c(=O)c(Oc4ccc5ccccc5c4)c(C(F)(F)F)oc3c2)cc1OC. The van der Waals surface area contributed by atoms with E-state index in [1.165, 1.54) is 56.7 Å². The first kappa shape index (κ1) is 25.7. The fraction of sp³-hybridized carbons (Fsp3) is 0.103. The lowest BCUT2D eigenvalue weighted by molar-refractivity contribution is -0.154. The molecule has 0 fully saturated rings. The summed E-state index contributed by atoms with van der Waals surface area (Å²) in [5.41, 5.74) is -1.37. The lowest BCUT2D eigenvalue weighted by atomic mass is 10.1. The highest BCUT2D eigenvalue weighted by Crippen LogP contribution is 2.39. The van der Waals surface area contributed by atoms with Crippen LogP contribution >= 0.6 is 0 Å². The molecule has 198 valence electrons. The van der Waals surface area contributed by atoms with Crippen LogP contribution in [-0.2, 0) is 6.18 Å². The van der Waals surface area contributed by atoms with E-state index in [1.807, 2.05) is 12.1 Å². The molecule has 5 rings (SSSR count). The maximum Gasteiger partial charge on any atom is 0.453 e. The van der Waals surface area contributed by atoms with Gasteiger partial charge < -0.3 is 23.4 Å². The third-order valence-corrected chi connectivity index (χ3v) is 5.85. The summed E-state index contributed by atoms with van der Waals surface area (Å²) < 4.78 is 68.0. The van der Waals surface area contributed by atoms with Crippen molar-refractivity contribution in [2.45, 2.75) is 6.18 Å². The quantitative estimate of drug-likeness (QED) is 0.171. The predicted molar refractivity (Wildman–Crippen MR) is 136 cm³/mol. The van der Waals surface area contributed by atoms with Crippen molar-refractivity contribution >= 4 is 27.7 Å². The Morgan fingerprint density at radius 2 is 1.51 bits per heavy atom. The lowest BCUT2D eigenvalue weighted by Crippen LogP contribution is -2.15. The highest BCUT2D eigenvalue weighted by molar-refractivity contribution is 5.92. The second-order valence-electron chi connectivity index (χ2n) is 8.32. The van der Waals surface area contributed by atoms with E-state index in [-0.39, 0.29) is 28.2 Å². The number of carbonyl (C=O) groups is 1. The standard InChI is InChI=1S/C29H19F3O7/c1-35-22-12-8-18(14-24(22)36-2)28(34)38-20-10-11-21-23(15-20)39-27(29(30,31)32)26(25(21)33)37-19-9-7-16-5-3-4-6-17(16)13-19/h3-15H,1-2H3. The molecular formula is C29H19F3O7. The summed E-state index contributed by atoms with van der Waals surface area (Å²) in [6, 6.07) is 19.7. The number of carbonyl (C=O) groups excluding carboxylic acids is 1. The Labute approximate surface area is 218 Å². The first-order valence-electron chi connectivity index (χ1n) is 11.5. The average Bonchev–Trinajstić information content (AvgIpc) is 2.93. The normalized spacial score (nSPS) is 11.4. The van der Waals surface area contributed by atoms with E-state index in [9.17, 15) is 22.8 Å². The second-order valence-corrected chi connectivity index (χ2v) is 8.32. The summed E-state index contributed by atoms with van der Waals surface area (Å²) in [6.45, 7) is 0. The molecule has 0 bridgehead atoms. The number of fused-ring (bicyclic) bond motifs is 2. The Hall–Kier alpha value is -4.99. The smallest absolute Gasteiger partial charge is 0.453 e. The van der Waals surface area contributed by atoms with Gasteiger partial charge in [-0.25, -0.2) is 4.79 Å². The van der Waals surface area contributed by atoms with Crippen LogP contribution in [0.4, 0.5) is 13.2 Å². The van der Waals surface area contributed by atoms with Gasteiger partial charge in [0.2, 0.25) is 11.2 Å². The van der Waals surface area contributed by atoms with Gasteiger partial charge in [0, 0.05) is 6.07 Å². The lowest BCUT2D eigenvalue weighted by Gasteiger charge is -2.14. The molecule has 0 saturated heterocycles. The second kappa shape index (κ2) is 10.1. The zero-order valence-electron chi connectivity index (χ0n) is 20.5. The van der Waals surface area contributed by atoms with E-state index in [0.29, 0.717) is 5.75 Å². The topological polar surface area (TPSA) is 84.2 Å². The van der Waals surface area contributed by atoms with Crippen LogP contribution in [0.15, 0.2) is 88.1 Å². The van der Waals surface area contributed by atoms with Crippen LogP contribution in [0, 0.1) is 0 Å². The van der Waals surface area contributed by atoms with Crippen LogP contribution in [0.5, 0.6) is 28.7 Å². The molecule has 1 aromatic heterocycles. The van der Waals surface area contributed by atoms with Crippen molar-refractivity contribution in [3.63, 3.8) is 0 Å². The monoisotopic (exact) mass is 536 g/mol. The van der Waals surface area contributed by atoms with Crippen LogP contribution in [0.25, 0.3) is 21.7 Å². The van der Waals surface area contributed by atoms with Gasteiger partial charge in [0.05, 0.1) is 25.2 Å². The Bertz CT molecular complexity index is 1770. The van der Waals surface area contributed by atoms with E-state index in [2.05, 4.69) is 0 Å². The molecule has 0 unspecified atom stereocenters. The molecule has 0 radical (unpaired) electrons. The van der Waals surface area contributed by atoms with Gasteiger partial charge in [0.1, 0.15) is 17.1 Å². The van der Waals surface area contributed by atoms with Crippen molar-refractivity contribution in [3.8, 4) is 28.7 Å². The van der Waals surface area contributed by atoms with Gasteiger partial charge in [-0.2, -0.15) is 13.2 Å². The Morgan fingerprint density at radius 1 is 0.795 bits per heavy atom. The zero-order chi connectivity index (χ0) is 27.7. The summed E-state index contributed by atoms with van der Waals surface area (Å²) in [4.78, 5) is 25.8. The number of esters is 1.